The minimum atomic E-state index is -2.17. The van der Waals surface area contributed by atoms with Gasteiger partial charge in [-0.15, -0.1) is 0 Å². The second-order valence-corrected chi connectivity index (χ2v) is 5.41. The molecule has 0 saturated carbocycles. The Balaban J connectivity index is 0.000000596. The average Bonchev–Trinajstić information content (AvgIpc) is 2.70. The number of hydrogen-bond acceptors (Lipinski definition) is 6. The second-order valence-electron chi connectivity index (χ2n) is 5.41. The van der Waals surface area contributed by atoms with Crippen LogP contribution in [-0.2, 0) is 0 Å². The number of hydrogen-bond donors (Lipinski definition) is 3. The summed E-state index contributed by atoms with van der Waals surface area (Å²) in [5, 5.41) is 21.5. The molecule has 0 unspecified atom stereocenters. The third-order valence-corrected chi connectivity index (χ3v) is 3.68. The molecular weight excluding hydrogens is 345 g/mol. The molecule has 3 aromatic carbocycles. The highest BCUT2D eigenvalue weighted by molar-refractivity contribution is 6.30. The normalized spacial score (nSPS) is 9.67. The fraction of sp³-hybridized carbons (Fsp3) is 0.100. The van der Waals surface area contributed by atoms with E-state index >= 15 is 0 Å². The summed E-state index contributed by atoms with van der Waals surface area (Å²) in [5.74, 6) is 1.69. The molecular formula is C20H22BNO5. The van der Waals surface area contributed by atoms with E-state index in [4.69, 9.17) is 24.5 Å². The molecule has 0 aliphatic heterocycles. The maximum atomic E-state index is 7.17. The summed E-state index contributed by atoms with van der Waals surface area (Å²) < 4.78 is 10.5. The second kappa shape index (κ2) is 10.2. The zero-order valence-electron chi connectivity index (χ0n) is 15.2. The molecule has 3 rings (SSSR count). The van der Waals surface area contributed by atoms with Crippen molar-refractivity contribution in [3.63, 3.8) is 0 Å². The van der Waals surface area contributed by atoms with Crippen LogP contribution in [-0.4, -0.2) is 36.6 Å². The van der Waals surface area contributed by atoms with Gasteiger partial charge in [-0.25, -0.2) is 0 Å². The molecule has 0 heterocycles. The van der Waals surface area contributed by atoms with Gasteiger partial charge in [0.1, 0.15) is 11.5 Å². The van der Waals surface area contributed by atoms with Gasteiger partial charge >= 0.3 is 7.32 Å². The van der Waals surface area contributed by atoms with Crippen molar-refractivity contribution in [3.05, 3.63) is 78.9 Å². The van der Waals surface area contributed by atoms with Crippen LogP contribution in [0, 0.1) is 0 Å². The van der Waals surface area contributed by atoms with Gasteiger partial charge in [0, 0.05) is 17.1 Å². The molecule has 0 bridgehead atoms. The molecule has 0 amide bonds. The van der Waals surface area contributed by atoms with Crippen molar-refractivity contribution in [1.82, 2.24) is 0 Å². The number of para-hydroxylation sites is 1. The summed E-state index contributed by atoms with van der Waals surface area (Å²) in [5.41, 5.74) is 3.24. The molecule has 140 valence electrons. The highest BCUT2D eigenvalue weighted by Gasteiger charge is 2.12. The van der Waals surface area contributed by atoms with Crippen molar-refractivity contribution in [3.8, 4) is 11.5 Å². The van der Waals surface area contributed by atoms with E-state index in [0.29, 0.717) is 0 Å². The molecule has 0 aliphatic rings. The first-order valence-corrected chi connectivity index (χ1v) is 8.22. The molecule has 0 fully saturated rings. The predicted octanol–water partition coefficient (Wildman–Crippen LogP) is 3.12. The monoisotopic (exact) mass is 367 g/mol. The average molecular weight is 367 g/mol. The van der Waals surface area contributed by atoms with Crippen LogP contribution >= 0.6 is 0 Å². The Morgan fingerprint density at radius 3 is 1.26 bits per heavy atom. The third kappa shape index (κ3) is 6.04. The van der Waals surface area contributed by atoms with Crippen LogP contribution in [0.1, 0.15) is 0 Å². The van der Waals surface area contributed by atoms with Gasteiger partial charge in [-0.05, 0) is 60.7 Å². The van der Waals surface area contributed by atoms with E-state index in [1.165, 1.54) is 0 Å². The van der Waals surface area contributed by atoms with E-state index in [-0.39, 0.29) is 0 Å². The Hall–Kier alpha value is -3.00. The van der Waals surface area contributed by atoms with Crippen LogP contribution in [0.4, 0.5) is 17.1 Å². The minimum absolute atomic E-state index is 0.844. The van der Waals surface area contributed by atoms with Gasteiger partial charge in [0.15, 0.2) is 0 Å². The predicted molar refractivity (Wildman–Crippen MR) is 107 cm³/mol. The zero-order chi connectivity index (χ0) is 19.6. The van der Waals surface area contributed by atoms with Crippen molar-refractivity contribution >= 4 is 24.4 Å². The topological polar surface area (TPSA) is 82.4 Å². The molecule has 7 heteroatoms. The van der Waals surface area contributed by atoms with E-state index in [2.05, 4.69) is 41.3 Å². The van der Waals surface area contributed by atoms with Crippen LogP contribution < -0.4 is 14.4 Å². The van der Waals surface area contributed by atoms with Crippen molar-refractivity contribution in [2.24, 2.45) is 0 Å². The largest absolute Gasteiger partial charge is 0.631 e. The molecule has 0 radical (unpaired) electrons. The number of nitrogens with zero attached hydrogens (tertiary/aromatic N) is 1. The highest BCUT2D eigenvalue weighted by atomic mass is 16.5. The van der Waals surface area contributed by atoms with Crippen LogP contribution in [0.3, 0.4) is 0 Å². The quantitative estimate of drug-likeness (QED) is 0.601. The van der Waals surface area contributed by atoms with Gasteiger partial charge in [-0.3, -0.25) is 0 Å². The lowest BCUT2D eigenvalue weighted by atomic mass is 10.2. The van der Waals surface area contributed by atoms with Crippen molar-refractivity contribution in [2.75, 3.05) is 19.1 Å². The van der Waals surface area contributed by atoms with Crippen molar-refractivity contribution in [2.45, 2.75) is 0 Å². The molecule has 6 nitrogen and oxygen atoms in total. The summed E-state index contributed by atoms with van der Waals surface area (Å²) in [6.07, 6.45) is 0. The van der Waals surface area contributed by atoms with Crippen molar-refractivity contribution < 1.29 is 24.5 Å². The Morgan fingerprint density at radius 1 is 0.593 bits per heavy atom. The maximum absolute atomic E-state index is 7.17. The van der Waals surface area contributed by atoms with Crippen LogP contribution in [0.25, 0.3) is 0 Å². The summed E-state index contributed by atoms with van der Waals surface area (Å²) in [6, 6.07) is 26.4. The first-order valence-electron chi connectivity index (χ1n) is 8.22. The number of anilines is 3. The Kier molecular flexibility index (Phi) is 7.70. The Morgan fingerprint density at radius 2 is 0.926 bits per heavy atom. The number of ether oxygens (including phenoxy) is 2. The molecule has 0 aromatic heterocycles. The molecule has 0 saturated heterocycles. The minimum Gasteiger partial charge on any atom is -0.497 e. The van der Waals surface area contributed by atoms with Gasteiger partial charge in [-0.2, -0.15) is 0 Å². The van der Waals surface area contributed by atoms with Crippen LogP contribution in [0.2, 0.25) is 0 Å². The van der Waals surface area contributed by atoms with E-state index in [1.54, 1.807) is 14.2 Å². The summed E-state index contributed by atoms with van der Waals surface area (Å²) in [6.45, 7) is 0. The SMILES string of the molecule is COc1ccc(N(c2ccccc2)c2ccc(OC)cc2)cc1.OB(O)O. The lowest BCUT2D eigenvalue weighted by Crippen LogP contribution is -2.09. The fourth-order valence-electron chi connectivity index (χ4n) is 2.49. The van der Waals surface area contributed by atoms with Gasteiger partial charge in [-0.1, -0.05) is 18.2 Å². The van der Waals surface area contributed by atoms with E-state index in [9.17, 15) is 0 Å². The summed E-state index contributed by atoms with van der Waals surface area (Å²) >= 11 is 0. The van der Waals surface area contributed by atoms with Gasteiger partial charge < -0.3 is 29.4 Å². The molecule has 3 N–H and O–H groups in total. The molecule has 3 aromatic rings. The lowest BCUT2D eigenvalue weighted by molar-refractivity contribution is 0.278. The highest BCUT2D eigenvalue weighted by Crippen LogP contribution is 2.35. The van der Waals surface area contributed by atoms with Crippen LogP contribution in [0.15, 0.2) is 78.9 Å². The number of rotatable bonds is 5. The fourth-order valence-corrected chi connectivity index (χ4v) is 2.49. The van der Waals surface area contributed by atoms with Gasteiger partial charge in [0.05, 0.1) is 14.2 Å². The van der Waals surface area contributed by atoms with Crippen molar-refractivity contribution in [1.29, 1.82) is 0 Å². The molecule has 0 spiro atoms. The van der Waals surface area contributed by atoms with E-state index < -0.39 is 7.32 Å². The lowest BCUT2D eigenvalue weighted by Gasteiger charge is -2.25. The number of benzene rings is 3. The van der Waals surface area contributed by atoms with E-state index in [1.807, 2.05) is 42.5 Å². The zero-order valence-corrected chi connectivity index (χ0v) is 15.2. The van der Waals surface area contributed by atoms with Crippen LogP contribution in [0.5, 0.6) is 11.5 Å². The van der Waals surface area contributed by atoms with Gasteiger partial charge in [0.2, 0.25) is 0 Å². The Labute approximate surface area is 159 Å². The van der Waals surface area contributed by atoms with Gasteiger partial charge in [0.25, 0.3) is 0 Å². The summed E-state index contributed by atoms with van der Waals surface area (Å²) in [4.78, 5) is 2.19. The maximum Gasteiger partial charge on any atom is 0.631 e. The number of methoxy groups -OCH3 is 2. The summed E-state index contributed by atoms with van der Waals surface area (Å²) in [7, 11) is 1.18. The Bertz CT molecular complexity index is 745. The first-order chi connectivity index (χ1) is 13.0. The molecule has 0 aliphatic carbocycles. The standard InChI is InChI=1S/C20H19NO2.BH3O3/c1-22-19-12-8-17(9-13-19)21(16-6-4-3-5-7-16)18-10-14-20(23-2)15-11-18;2-1(3)4/h3-15H,1-2H3;2-4H. The smallest absolute Gasteiger partial charge is 0.497 e. The first kappa shape index (κ1) is 20.3. The molecule has 27 heavy (non-hydrogen) atoms. The molecule has 0 atom stereocenters. The third-order valence-electron chi connectivity index (χ3n) is 3.68. The van der Waals surface area contributed by atoms with E-state index in [0.717, 1.165) is 28.6 Å².